The Labute approximate surface area is 64.2 Å². The van der Waals surface area contributed by atoms with Crippen LogP contribution in [-0.4, -0.2) is 4.98 Å². The smallest absolute Gasteiger partial charge is 0.129 e. The zero-order valence-corrected chi connectivity index (χ0v) is 6.15. The minimum Gasteiger partial charge on any atom is -0.309 e. The van der Waals surface area contributed by atoms with Crippen LogP contribution < -0.4 is 5.32 Å². The minimum atomic E-state index is 0.586. The molecule has 0 amide bonds. The van der Waals surface area contributed by atoms with E-state index in [9.17, 15) is 0 Å². The number of hydrogen-bond donors (Lipinski definition) is 1. The van der Waals surface area contributed by atoms with Crippen LogP contribution in [0.15, 0.2) is 12.3 Å². The number of fused-ring (bicyclic) bond motifs is 1. The Morgan fingerprint density at radius 3 is 3.10 bits per heavy atom. The topological polar surface area (TPSA) is 24.9 Å². The largest absolute Gasteiger partial charge is 0.309 e. The van der Waals surface area contributed by atoms with Crippen molar-refractivity contribution in [1.29, 1.82) is 0 Å². The molecule has 1 N–H and O–H groups in total. The SMILES string of the molecule is Clc1cc2c(cn1)CNC2. The van der Waals surface area contributed by atoms with Gasteiger partial charge in [0, 0.05) is 19.3 Å². The molecule has 0 saturated carbocycles. The van der Waals surface area contributed by atoms with Crippen molar-refractivity contribution < 1.29 is 0 Å². The van der Waals surface area contributed by atoms with E-state index in [-0.39, 0.29) is 0 Å². The summed E-state index contributed by atoms with van der Waals surface area (Å²) in [6.07, 6.45) is 1.83. The van der Waals surface area contributed by atoms with Crippen molar-refractivity contribution in [2.24, 2.45) is 0 Å². The van der Waals surface area contributed by atoms with E-state index in [0.717, 1.165) is 13.1 Å². The van der Waals surface area contributed by atoms with E-state index < -0.39 is 0 Å². The Balaban J connectivity index is 2.52. The van der Waals surface area contributed by atoms with Crippen LogP contribution in [0.4, 0.5) is 0 Å². The third kappa shape index (κ3) is 0.895. The van der Waals surface area contributed by atoms with Gasteiger partial charge in [-0.05, 0) is 17.2 Å². The summed E-state index contributed by atoms with van der Waals surface area (Å²) in [6.45, 7) is 1.86. The van der Waals surface area contributed by atoms with Crippen LogP contribution in [0, 0.1) is 0 Å². The van der Waals surface area contributed by atoms with Crippen molar-refractivity contribution >= 4 is 11.6 Å². The molecule has 3 heteroatoms. The van der Waals surface area contributed by atoms with Gasteiger partial charge in [0.15, 0.2) is 0 Å². The summed E-state index contributed by atoms with van der Waals surface area (Å²) in [6, 6.07) is 1.91. The Bertz CT molecular complexity index is 260. The lowest BCUT2D eigenvalue weighted by Crippen LogP contribution is -1.99. The molecule has 2 rings (SSSR count). The highest BCUT2D eigenvalue weighted by Crippen LogP contribution is 2.16. The van der Waals surface area contributed by atoms with Crippen molar-refractivity contribution in [2.45, 2.75) is 13.1 Å². The van der Waals surface area contributed by atoms with E-state index in [4.69, 9.17) is 11.6 Å². The van der Waals surface area contributed by atoms with Gasteiger partial charge in [-0.15, -0.1) is 0 Å². The molecule has 0 radical (unpaired) electrons. The highest BCUT2D eigenvalue weighted by Gasteiger charge is 2.09. The average molecular weight is 155 g/mol. The summed E-state index contributed by atoms with van der Waals surface area (Å²) in [5.41, 5.74) is 2.55. The molecule has 2 nitrogen and oxygen atoms in total. The number of halogens is 1. The van der Waals surface area contributed by atoms with Gasteiger partial charge in [0.2, 0.25) is 0 Å². The summed E-state index contributed by atoms with van der Waals surface area (Å²) in [4.78, 5) is 3.98. The number of pyridine rings is 1. The predicted molar refractivity (Wildman–Crippen MR) is 39.8 cm³/mol. The molecule has 0 atom stereocenters. The van der Waals surface area contributed by atoms with Crippen LogP contribution in [0.5, 0.6) is 0 Å². The van der Waals surface area contributed by atoms with Crippen molar-refractivity contribution in [1.82, 2.24) is 10.3 Å². The maximum atomic E-state index is 5.68. The average Bonchev–Trinajstić information content (AvgIpc) is 2.33. The van der Waals surface area contributed by atoms with Crippen molar-refractivity contribution in [3.8, 4) is 0 Å². The summed E-state index contributed by atoms with van der Waals surface area (Å²) in [7, 11) is 0. The quantitative estimate of drug-likeness (QED) is 0.571. The van der Waals surface area contributed by atoms with E-state index >= 15 is 0 Å². The van der Waals surface area contributed by atoms with E-state index in [2.05, 4.69) is 10.3 Å². The van der Waals surface area contributed by atoms with Gasteiger partial charge in [-0.25, -0.2) is 4.98 Å². The van der Waals surface area contributed by atoms with Gasteiger partial charge in [-0.2, -0.15) is 0 Å². The van der Waals surface area contributed by atoms with Gasteiger partial charge in [0.1, 0.15) is 5.15 Å². The fraction of sp³-hybridized carbons (Fsp3) is 0.286. The molecular weight excluding hydrogens is 148 g/mol. The summed E-state index contributed by atoms with van der Waals surface area (Å²) in [5.74, 6) is 0. The molecule has 0 fully saturated rings. The fourth-order valence-electron chi connectivity index (χ4n) is 1.15. The van der Waals surface area contributed by atoms with Crippen LogP contribution in [0.2, 0.25) is 5.15 Å². The molecule has 1 aliphatic rings. The van der Waals surface area contributed by atoms with E-state index in [1.165, 1.54) is 11.1 Å². The number of rotatable bonds is 0. The monoisotopic (exact) mass is 154 g/mol. The first-order chi connectivity index (χ1) is 4.86. The second-order valence-corrected chi connectivity index (χ2v) is 2.77. The van der Waals surface area contributed by atoms with Gasteiger partial charge in [0.05, 0.1) is 0 Å². The zero-order chi connectivity index (χ0) is 6.97. The second kappa shape index (κ2) is 2.22. The van der Waals surface area contributed by atoms with Crippen LogP contribution in [0.25, 0.3) is 0 Å². The molecule has 1 aromatic rings. The van der Waals surface area contributed by atoms with Gasteiger partial charge >= 0.3 is 0 Å². The number of aromatic nitrogens is 1. The Kier molecular flexibility index (Phi) is 1.36. The van der Waals surface area contributed by atoms with Crippen LogP contribution >= 0.6 is 11.6 Å². The second-order valence-electron chi connectivity index (χ2n) is 2.38. The van der Waals surface area contributed by atoms with Crippen LogP contribution in [-0.2, 0) is 13.1 Å². The Morgan fingerprint density at radius 2 is 2.20 bits per heavy atom. The third-order valence-corrected chi connectivity index (χ3v) is 1.89. The highest BCUT2D eigenvalue weighted by atomic mass is 35.5. The summed E-state index contributed by atoms with van der Waals surface area (Å²) >= 11 is 5.68. The van der Waals surface area contributed by atoms with Gasteiger partial charge in [0.25, 0.3) is 0 Å². The molecule has 2 heterocycles. The molecule has 1 aromatic heterocycles. The lowest BCUT2D eigenvalue weighted by molar-refractivity contribution is 0.764. The summed E-state index contributed by atoms with van der Waals surface area (Å²) in [5, 5.41) is 3.80. The van der Waals surface area contributed by atoms with Crippen molar-refractivity contribution in [2.75, 3.05) is 0 Å². The lowest BCUT2D eigenvalue weighted by Gasteiger charge is -1.94. The third-order valence-electron chi connectivity index (χ3n) is 1.68. The number of nitrogens with one attached hydrogen (secondary N) is 1. The van der Waals surface area contributed by atoms with Crippen molar-refractivity contribution in [3.05, 3.63) is 28.5 Å². The van der Waals surface area contributed by atoms with Gasteiger partial charge < -0.3 is 5.32 Å². The molecule has 1 aliphatic heterocycles. The number of nitrogens with zero attached hydrogens (tertiary/aromatic N) is 1. The molecule has 0 aromatic carbocycles. The molecule has 0 unspecified atom stereocenters. The normalized spacial score (nSPS) is 15.3. The zero-order valence-electron chi connectivity index (χ0n) is 5.39. The summed E-state index contributed by atoms with van der Waals surface area (Å²) < 4.78 is 0. The molecule has 10 heavy (non-hydrogen) atoms. The van der Waals surface area contributed by atoms with Gasteiger partial charge in [-0.1, -0.05) is 11.6 Å². The van der Waals surface area contributed by atoms with E-state index in [1.807, 2.05) is 12.3 Å². The Morgan fingerprint density at radius 1 is 1.40 bits per heavy atom. The molecule has 0 saturated heterocycles. The highest BCUT2D eigenvalue weighted by molar-refractivity contribution is 6.29. The molecular formula is C7H7ClN2. The molecule has 52 valence electrons. The van der Waals surface area contributed by atoms with E-state index in [0.29, 0.717) is 5.15 Å². The first-order valence-corrected chi connectivity index (χ1v) is 3.58. The molecule has 0 spiro atoms. The van der Waals surface area contributed by atoms with Gasteiger partial charge in [-0.3, -0.25) is 0 Å². The maximum Gasteiger partial charge on any atom is 0.129 e. The standard InChI is InChI=1S/C7H7ClN2/c8-7-1-5-2-9-3-6(5)4-10-7/h1,4,9H,2-3H2. The lowest BCUT2D eigenvalue weighted by atomic mass is 10.2. The molecule has 0 aliphatic carbocycles. The maximum absolute atomic E-state index is 5.68. The number of hydrogen-bond acceptors (Lipinski definition) is 2. The first kappa shape index (κ1) is 6.13. The Hall–Kier alpha value is -0.600. The molecule has 0 bridgehead atoms. The van der Waals surface area contributed by atoms with Crippen molar-refractivity contribution in [3.63, 3.8) is 0 Å². The van der Waals surface area contributed by atoms with Crippen LogP contribution in [0.1, 0.15) is 11.1 Å². The van der Waals surface area contributed by atoms with E-state index in [1.54, 1.807) is 0 Å². The predicted octanol–water partition coefficient (Wildman–Crippen LogP) is 1.34. The van der Waals surface area contributed by atoms with Crippen LogP contribution in [0.3, 0.4) is 0 Å². The minimum absolute atomic E-state index is 0.586. The fourth-order valence-corrected chi connectivity index (χ4v) is 1.33. The first-order valence-electron chi connectivity index (χ1n) is 3.20.